The molecule has 152 valence electrons. The van der Waals surface area contributed by atoms with E-state index < -0.39 is 18.4 Å². The summed E-state index contributed by atoms with van der Waals surface area (Å²) in [5.74, 6) is -1.15. The normalized spacial score (nSPS) is 10.6. The van der Waals surface area contributed by atoms with Gasteiger partial charge in [0, 0.05) is 25.2 Å². The Bertz CT molecular complexity index is 877. The number of benzene rings is 2. The van der Waals surface area contributed by atoms with E-state index >= 15 is 0 Å². The lowest BCUT2D eigenvalue weighted by Gasteiger charge is -2.07. The first-order valence-electron chi connectivity index (χ1n) is 8.80. The SMILES string of the molecule is CN(C)N=Nc1ccc(C(=O)c2ccc(OCCC(=O)NCC(=O)O)cc2)cc1. The molecule has 0 heterocycles. The molecule has 0 unspecified atom stereocenters. The van der Waals surface area contributed by atoms with E-state index in [0.717, 1.165) is 0 Å². The molecule has 0 fully saturated rings. The quantitative estimate of drug-likeness (QED) is 0.360. The maximum Gasteiger partial charge on any atom is 0.322 e. The number of rotatable bonds is 10. The first-order valence-corrected chi connectivity index (χ1v) is 8.80. The van der Waals surface area contributed by atoms with Crippen LogP contribution in [0, 0.1) is 0 Å². The van der Waals surface area contributed by atoms with Crippen LogP contribution in [0.1, 0.15) is 22.3 Å². The van der Waals surface area contributed by atoms with Crippen LogP contribution in [0.2, 0.25) is 0 Å². The fraction of sp³-hybridized carbons (Fsp3) is 0.250. The van der Waals surface area contributed by atoms with E-state index in [0.29, 0.717) is 22.6 Å². The van der Waals surface area contributed by atoms with Crippen molar-refractivity contribution in [3.63, 3.8) is 0 Å². The molecule has 9 nitrogen and oxygen atoms in total. The van der Waals surface area contributed by atoms with Crippen LogP contribution in [0.15, 0.2) is 58.9 Å². The van der Waals surface area contributed by atoms with E-state index in [1.807, 2.05) is 0 Å². The zero-order valence-electron chi connectivity index (χ0n) is 16.2. The predicted octanol–water partition coefficient (Wildman–Crippen LogP) is 2.45. The van der Waals surface area contributed by atoms with Crippen molar-refractivity contribution >= 4 is 23.3 Å². The van der Waals surface area contributed by atoms with Crippen molar-refractivity contribution in [3.8, 4) is 5.75 Å². The van der Waals surface area contributed by atoms with Crippen molar-refractivity contribution in [1.29, 1.82) is 0 Å². The monoisotopic (exact) mass is 398 g/mol. The Morgan fingerprint density at radius 1 is 1.00 bits per heavy atom. The van der Waals surface area contributed by atoms with Gasteiger partial charge in [-0.25, -0.2) is 0 Å². The number of hydrogen-bond donors (Lipinski definition) is 2. The largest absolute Gasteiger partial charge is 0.493 e. The number of carbonyl (C=O) groups is 3. The zero-order chi connectivity index (χ0) is 21.2. The van der Waals surface area contributed by atoms with Crippen LogP contribution in [-0.4, -0.2) is 55.0 Å². The van der Waals surface area contributed by atoms with Crippen LogP contribution in [0.4, 0.5) is 5.69 Å². The number of hydrogen-bond acceptors (Lipinski definition) is 6. The standard InChI is InChI=1S/C20H22N4O5/c1-24(2)23-22-16-7-3-14(4-8-16)20(28)15-5-9-17(10-6-15)29-12-11-18(25)21-13-19(26)27/h3-10H,11-13H2,1-2H3,(H,21,25)(H,26,27). The van der Waals surface area contributed by atoms with E-state index in [4.69, 9.17) is 9.84 Å². The Kier molecular flexibility index (Phi) is 7.84. The number of carboxylic acid groups (broad SMARTS) is 1. The second kappa shape index (κ2) is 10.5. The fourth-order valence-corrected chi connectivity index (χ4v) is 2.21. The Morgan fingerprint density at radius 3 is 2.14 bits per heavy atom. The van der Waals surface area contributed by atoms with Crippen molar-refractivity contribution in [2.75, 3.05) is 27.2 Å². The number of aliphatic carboxylic acids is 1. The summed E-state index contributed by atoms with van der Waals surface area (Å²) in [5.41, 5.74) is 1.67. The highest BCUT2D eigenvalue weighted by Crippen LogP contribution is 2.18. The molecular weight excluding hydrogens is 376 g/mol. The van der Waals surface area contributed by atoms with E-state index in [-0.39, 0.29) is 18.8 Å². The molecule has 0 atom stereocenters. The smallest absolute Gasteiger partial charge is 0.322 e. The van der Waals surface area contributed by atoms with Crippen molar-refractivity contribution in [2.24, 2.45) is 10.3 Å². The number of ketones is 1. The number of amides is 1. The molecule has 1 amide bonds. The van der Waals surface area contributed by atoms with E-state index in [1.54, 1.807) is 67.6 Å². The summed E-state index contributed by atoms with van der Waals surface area (Å²) in [5, 5.41) is 20.2. The lowest BCUT2D eigenvalue weighted by molar-refractivity contribution is -0.138. The minimum atomic E-state index is -1.10. The van der Waals surface area contributed by atoms with Crippen molar-refractivity contribution in [3.05, 3.63) is 59.7 Å². The van der Waals surface area contributed by atoms with Crippen LogP contribution in [-0.2, 0) is 9.59 Å². The fourth-order valence-electron chi connectivity index (χ4n) is 2.21. The molecule has 0 radical (unpaired) electrons. The summed E-state index contributed by atoms with van der Waals surface area (Å²) in [4.78, 5) is 34.4. The average molecular weight is 398 g/mol. The van der Waals surface area contributed by atoms with Crippen LogP contribution in [0.25, 0.3) is 0 Å². The summed E-state index contributed by atoms with van der Waals surface area (Å²) in [6.45, 7) is -0.323. The van der Waals surface area contributed by atoms with Crippen LogP contribution < -0.4 is 10.1 Å². The Labute approximate surface area is 168 Å². The molecule has 9 heteroatoms. The molecule has 2 N–H and O–H groups in total. The van der Waals surface area contributed by atoms with Gasteiger partial charge in [0.1, 0.15) is 12.3 Å². The highest BCUT2D eigenvalue weighted by molar-refractivity contribution is 6.09. The summed E-state index contributed by atoms with van der Waals surface area (Å²) in [7, 11) is 3.53. The molecule has 2 aromatic carbocycles. The third-order valence-corrected chi connectivity index (χ3v) is 3.62. The van der Waals surface area contributed by atoms with Gasteiger partial charge in [-0.05, 0) is 48.5 Å². The van der Waals surface area contributed by atoms with E-state index in [9.17, 15) is 14.4 Å². The topological polar surface area (TPSA) is 121 Å². The Hall–Kier alpha value is -3.75. The molecule has 0 spiro atoms. The maximum absolute atomic E-state index is 12.6. The van der Waals surface area contributed by atoms with Gasteiger partial charge in [0.05, 0.1) is 18.7 Å². The second-order valence-electron chi connectivity index (χ2n) is 6.21. The first kappa shape index (κ1) is 21.5. The molecule has 0 aliphatic carbocycles. The number of nitrogens with one attached hydrogen (secondary N) is 1. The van der Waals surface area contributed by atoms with Crippen molar-refractivity contribution < 1.29 is 24.2 Å². The van der Waals surface area contributed by atoms with Gasteiger partial charge in [-0.15, -0.1) is 5.11 Å². The van der Waals surface area contributed by atoms with Crippen LogP contribution in [0.3, 0.4) is 0 Å². The van der Waals surface area contributed by atoms with E-state index in [1.165, 1.54) is 0 Å². The molecule has 2 rings (SSSR count). The maximum atomic E-state index is 12.6. The molecule has 0 saturated carbocycles. The highest BCUT2D eigenvalue weighted by atomic mass is 16.5. The van der Waals surface area contributed by atoms with Gasteiger partial charge in [0.15, 0.2) is 5.78 Å². The molecular formula is C20H22N4O5. The second-order valence-corrected chi connectivity index (χ2v) is 6.21. The lowest BCUT2D eigenvalue weighted by atomic mass is 10.0. The highest BCUT2D eigenvalue weighted by Gasteiger charge is 2.10. The number of carbonyl (C=O) groups excluding carboxylic acids is 2. The zero-order valence-corrected chi connectivity index (χ0v) is 16.2. The van der Waals surface area contributed by atoms with Gasteiger partial charge >= 0.3 is 5.97 Å². The number of nitrogens with zero attached hydrogens (tertiary/aromatic N) is 3. The van der Waals surface area contributed by atoms with Crippen LogP contribution >= 0.6 is 0 Å². The molecule has 0 aliphatic rings. The first-order chi connectivity index (χ1) is 13.8. The van der Waals surface area contributed by atoms with E-state index in [2.05, 4.69) is 15.7 Å². The summed E-state index contributed by atoms with van der Waals surface area (Å²) in [6.07, 6.45) is 0.0332. The van der Waals surface area contributed by atoms with Gasteiger partial charge < -0.3 is 15.2 Å². The van der Waals surface area contributed by atoms with Gasteiger partial charge in [-0.1, -0.05) is 5.22 Å². The minimum Gasteiger partial charge on any atom is -0.493 e. The van der Waals surface area contributed by atoms with Gasteiger partial charge in [-0.3, -0.25) is 19.4 Å². The third kappa shape index (κ3) is 7.41. The van der Waals surface area contributed by atoms with Gasteiger partial charge in [-0.2, -0.15) is 0 Å². The minimum absolute atomic E-state index is 0.0332. The van der Waals surface area contributed by atoms with Gasteiger partial charge in [0.2, 0.25) is 5.91 Å². The predicted molar refractivity (Wildman–Crippen MR) is 105 cm³/mol. The molecule has 0 saturated heterocycles. The van der Waals surface area contributed by atoms with Crippen LogP contribution in [0.5, 0.6) is 5.75 Å². The summed E-state index contributed by atoms with van der Waals surface area (Å²) >= 11 is 0. The third-order valence-electron chi connectivity index (χ3n) is 3.62. The molecule has 2 aromatic rings. The Morgan fingerprint density at radius 2 is 1.59 bits per heavy atom. The number of carboxylic acids is 1. The van der Waals surface area contributed by atoms with Gasteiger partial charge in [0.25, 0.3) is 0 Å². The average Bonchev–Trinajstić information content (AvgIpc) is 2.71. The summed E-state index contributed by atoms with van der Waals surface area (Å²) in [6, 6.07) is 13.4. The molecule has 0 aliphatic heterocycles. The Balaban J connectivity index is 1.88. The summed E-state index contributed by atoms with van der Waals surface area (Å²) < 4.78 is 5.44. The number of ether oxygens (including phenoxy) is 1. The lowest BCUT2D eigenvalue weighted by Crippen LogP contribution is -2.30. The molecule has 29 heavy (non-hydrogen) atoms. The molecule has 0 bridgehead atoms. The molecule has 0 aromatic heterocycles. The van der Waals surface area contributed by atoms with Crippen molar-refractivity contribution in [2.45, 2.75) is 6.42 Å². The van der Waals surface area contributed by atoms with Crippen molar-refractivity contribution in [1.82, 2.24) is 10.3 Å².